The lowest BCUT2D eigenvalue weighted by atomic mass is 9.81. The Morgan fingerprint density at radius 2 is 1.93 bits per heavy atom. The van der Waals surface area contributed by atoms with E-state index in [1.807, 2.05) is 26.0 Å². The number of rotatable bonds is 13. The molecule has 1 aromatic carbocycles. The van der Waals surface area contributed by atoms with Gasteiger partial charge in [0.15, 0.2) is 0 Å². The number of pyridine rings is 1. The van der Waals surface area contributed by atoms with Gasteiger partial charge in [0.25, 0.3) is 11.5 Å². The third kappa shape index (κ3) is 7.74. The minimum Gasteiger partial charge on any atom is -0.508 e. The molecule has 3 atom stereocenters. The van der Waals surface area contributed by atoms with Gasteiger partial charge in [-0.3, -0.25) is 14.4 Å². The monoisotopic (exact) mass is 550 g/mol. The number of hydrogen-bond donors (Lipinski definition) is 4. The molecule has 8 nitrogen and oxygen atoms in total. The number of aromatic nitrogens is 1. The summed E-state index contributed by atoms with van der Waals surface area (Å²) in [6.45, 7) is 10.4. The van der Waals surface area contributed by atoms with E-state index in [9.17, 15) is 19.5 Å². The van der Waals surface area contributed by atoms with Crippen LogP contribution in [0.5, 0.6) is 5.75 Å². The zero-order chi connectivity index (χ0) is 29.0. The van der Waals surface area contributed by atoms with E-state index in [1.54, 1.807) is 12.1 Å². The van der Waals surface area contributed by atoms with Crippen molar-refractivity contribution in [3.05, 3.63) is 62.6 Å². The smallest absolute Gasteiger partial charge is 0.261 e. The number of carbonyl (C=O) groups is 2. The number of aryl methyl sites for hydroxylation is 3. The van der Waals surface area contributed by atoms with Gasteiger partial charge in [0.05, 0.1) is 0 Å². The third-order valence-corrected chi connectivity index (χ3v) is 8.73. The van der Waals surface area contributed by atoms with E-state index < -0.39 is 23.4 Å². The van der Waals surface area contributed by atoms with Gasteiger partial charge in [-0.05, 0) is 124 Å². The number of hydrogen-bond acceptors (Lipinski definition) is 5. The number of nitrogens with zero attached hydrogens (tertiary/aromatic N) is 1. The van der Waals surface area contributed by atoms with Crippen molar-refractivity contribution in [3.63, 3.8) is 0 Å². The molecule has 0 radical (unpaired) electrons. The number of H-pyrrole nitrogens is 1. The number of nitrogens with one attached hydrogen (secondary N) is 2. The van der Waals surface area contributed by atoms with Gasteiger partial charge in [-0.25, -0.2) is 0 Å². The third-order valence-electron chi connectivity index (χ3n) is 8.73. The maximum absolute atomic E-state index is 13.0. The molecule has 5 N–H and O–H groups in total. The Balaban J connectivity index is 1.44. The van der Waals surface area contributed by atoms with Crippen molar-refractivity contribution in [2.75, 3.05) is 13.1 Å². The normalized spacial score (nSPS) is 18.4. The van der Waals surface area contributed by atoms with E-state index >= 15 is 0 Å². The minimum atomic E-state index is -0.810. The van der Waals surface area contributed by atoms with Crippen LogP contribution >= 0.6 is 0 Å². The van der Waals surface area contributed by atoms with E-state index in [1.165, 1.54) is 24.0 Å². The first-order chi connectivity index (χ1) is 19.0. The number of fused-ring (bicyclic) bond motifs is 1. The summed E-state index contributed by atoms with van der Waals surface area (Å²) < 4.78 is 0. The summed E-state index contributed by atoms with van der Waals surface area (Å²) in [5.41, 5.74) is 9.45. The minimum absolute atomic E-state index is 0.0402. The molecule has 0 bridgehead atoms. The van der Waals surface area contributed by atoms with Crippen LogP contribution in [-0.4, -0.2) is 52.0 Å². The molecule has 1 heterocycles. The Morgan fingerprint density at radius 1 is 1.18 bits per heavy atom. The molecule has 2 aliphatic carbocycles. The molecule has 40 heavy (non-hydrogen) atoms. The highest BCUT2D eigenvalue weighted by atomic mass is 16.3. The Bertz CT molecular complexity index is 1270. The van der Waals surface area contributed by atoms with Crippen molar-refractivity contribution < 1.29 is 14.7 Å². The summed E-state index contributed by atoms with van der Waals surface area (Å²) in [4.78, 5) is 43.3. The van der Waals surface area contributed by atoms with Gasteiger partial charge in [0, 0.05) is 18.3 Å². The molecule has 1 fully saturated rings. The quantitative estimate of drug-likeness (QED) is 0.301. The van der Waals surface area contributed by atoms with Crippen LogP contribution in [0.1, 0.15) is 85.6 Å². The number of primary amides is 1. The molecule has 1 aromatic heterocycles. The Kier molecular flexibility index (Phi) is 9.72. The van der Waals surface area contributed by atoms with Crippen molar-refractivity contribution in [2.45, 2.75) is 91.1 Å². The molecule has 2 aromatic rings. The summed E-state index contributed by atoms with van der Waals surface area (Å²) in [5, 5.41) is 12.6. The van der Waals surface area contributed by atoms with E-state index in [0.717, 1.165) is 62.4 Å². The van der Waals surface area contributed by atoms with Crippen molar-refractivity contribution >= 4 is 11.8 Å². The number of amides is 2. The fourth-order valence-electron chi connectivity index (χ4n) is 6.06. The molecule has 4 rings (SSSR count). The summed E-state index contributed by atoms with van der Waals surface area (Å²) in [6.07, 6.45) is 7.54. The van der Waals surface area contributed by atoms with Gasteiger partial charge >= 0.3 is 0 Å². The highest BCUT2D eigenvalue weighted by Crippen LogP contribution is 2.34. The molecule has 2 amide bonds. The number of phenols is 1. The molecule has 2 aliphatic rings. The van der Waals surface area contributed by atoms with Crippen molar-refractivity contribution in [3.8, 4) is 5.75 Å². The second kappa shape index (κ2) is 13.0. The zero-order valence-corrected chi connectivity index (χ0v) is 24.5. The molecule has 0 saturated heterocycles. The second-order valence-electron chi connectivity index (χ2n) is 12.5. The maximum Gasteiger partial charge on any atom is 0.261 e. The fourth-order valence-corrected chi connectivity index (χ4v) is 6.06. The van der Waals surface area contributed by atoms with E-state index in [-0.39, 0.29) is 11.5 Å². The molecule has 8 heteroatoms. The van der Waals surface area contributed by atoms with Crippen molar-refractivity contribution in [2.24, 2.45) is 23.5 Å². The maximum atomic E-state index is 13.0. The largest absolute Gasteiger partial charge is 0.508 e. The number of carbonyl (C=O) groups excluding carboxylic acids is 2. The van der Waals surface area contributed by atoms with Crippen LogP contribution in [0.25, 0.3) is 0 Å². The van der Waals surface area contributed by atoms with E-state index in [0.29, 0.717) is 24.1 Å². The van der Waals surface area contributed by atoms with E-state index in [2.05, 4.69) is 29.0 Å². The standard InChI is InChI=1S/C32H46N4O4/c1-19(2)14-29(30(33)38)35-32(40)27-17-25-15-24(10-12-28(25)34-31(27)39)21(4)36(18-22-8-9-22)13-5-6-23-16-26(37)11-7-20(23)3/h7,11,16-17,19,21-22,24,29,37H,5-6,8-10,12-15,18H2,1-4H3,(H2,33,38)(H,34,39)(H,35,40)/t21-,24+,29+/m1/s1. The Labute approximate surface area is 237 Å². The van der Waals surface area contributed by atoms with Gasteiger partial charge in [-0.15, -0.1) is 0 Å². The average Bonchev–Trinajstić information content (AvgIpc) is 3.72. The first-order valence-electron chi connectivity index (χ1n) is 14.9. The Hall–Kier alpha value is -3.13. The number of aromatic hydroxyl groups is 1. The molecule has 0 unspecified atom stereocenters. The highest BCUT2D eigenvalue weighted by Gasteiger charge is 2.32. The van der Waals surface area contributed by atoms with Gasteiger partial charge in [0.1, 0.15) is 17.4 Å². The Morgan fingerprint density at radius 3 is 2.60 bits per heavy atom. The lowest BCUT2D eigenvalue weighted by Crippen LogP contribution is -2.46. The predicted molar refractivity (Wildman–Crippen MR) is 157 cm³/mol. The summed E-state index contributed by atoms with van der Waals surface area (Å²) >= 11 is 0. The molecular weight excluding hydrogens is 504 g/mol. The van der Waals surface area contributed by atoms with Crippen LogP contribution in [0, 0.1) is 24.7 Å². The summed E-state index contributed by atoms with van der Waals surface area (Å²) in [7, 11) is 0. The first-order valence-corrected chi connectivity index (χ1v) is 14.9. The average molecular weight is 551 g/mol. The van der Waals surface area contributed by atoms with Crippen LogP contribution in [0.15, 0.2) is 29.1 Å². The van der Waals surface area contributed by atoms with Crippen LogP contribution in [0.4, 0.5) is 0 Å². The second-order valence-corrected chi connectivity index (χ2v) is 12.5. The van der Waals surface area contributed by atoms with Crippen molar-refractivity contribution in [1.29, 1.82) is 0 Å². The topological polar surface area (TPSA) is 129 Å². The first kappa shape index (κ1) is 29.8. The molecular formula is C32H46N4O4. The molecule has 1 saturated carbocycles. The number of phenolic OH excluding ortho intramolecular Hbond substituents is 1. The highest BCUT2D eigenvalue weighted by molar-refractivity contribution is 5.97. The number of benzene rings is 1. The molecule has 218 valence electrons. The fraction of sp³-hybridized carbons (Fsp3) is 0.594. The van der Waals surface area contributed by atoms with Crippen LogP contribution in [0.2, 0.25) is 0 Å². The lowest BCUT2D eigenvalue weighted by molar-refractivity contribution is -0.120. The van der Waals surface area contributed by atoms with Gasteiger partial charge in [-0.1, -0.05) is 19.9 Å². The lowest BCUT2D eigenvalue weighted by Gasteiger charge is -2.37. The molecule has 0 aliphatic heterocycles. The van der Waals surface area contributed by atoms with Crippen molar-refractivity contribution in [1.82, 2.24) is 15.2 Å². The van der Waals surface area contributed by atoms with Crippen LogP contribution < -0.4 is 16.6 Å². The van der Waals surface area contributed by atoms with Crippen LogP contribution in [0.3, 0.4) is 0 Å². The predicted octanol–water partition coefficient (Wildman–Crippen LogP) is 3.86. The van der Waals surface area contributed by atoms with Crippen LogP contribution in [-0.2, 0) is 24.1 Å². The van der Waals surface area contributed by atoms with Gasteiger partial charge < -0.3 is 26.0 Å². The summed E-state index contributed by atoms with van der Waals surface area (Å²) in [5.74, 6) is 0.526. The zero-order valence-electron chi connectivity index (χ0n) is 24.5. The number of nitrogens with two attached hydrogens (primary N) is 1. The number of aromatic amines is 1. The SMILES string of the molecule is Cc1ccc(O)cc1CCCN(CC1CC1)[C@H](C)[C@H]1CCc2[nH]c(=O)c(C(=O)N[C@@H](CC(C)C)C(N)=O)cc2C1. The summed E-state index contributed by atoms with van der Waals surface area (Å²) in [6, 6.07) is 6.89. The molecule has 0 spiro atoms. The van der Waals surface area contributed by atoms with Gasteiger partial charge in [0.2, 0.25) is 5.91 Å². The van der Waals surface area contributed by atoms with Gasteiger partial charge in [-0.2, -0.15) is 0 Å². The van der Waals surface area contributed by atoms with E-state index in [4.69, 9.17) is 5.73 Å².